The van der Waals surface area contributed by atoms with Gasteiger partial charge in [-0.15, -0.1) is 11.3 Å². The zero-order valence-corrected chi connectivity index (χ0v) is 11.7. The number of aryl methyl sites for hydroxylation is 1. The minimum Gasteiger partial charge on any atom is -0.271 e. The fraction of sp³-hybridized carbons (Fsp3) is 0.286. The molecule has 0 amide bonds. The maximum absolute atomic E-state index is 13.1. The molecule has 0 aliphatic rings. The molecule has 0 spiro atoms. The lowest BCUT2D eigenvalue weighted by Gasteiger charge is -2.20. The predicted octanol–water partition coefficient (Wildman–Crippen LogP) is 3.88. The summed E-state index contributed by atoms with van der Waals surface area (Å²) in [6.45, 7) is 2.00. The van der Waals surface area contributed by atoms with E-state index in [1.165, 1.54) is 23.5 Å². The second-order valence-corrected chi connectivity index (χ2v) is 5.54. The average molecular weight is 300 g/mol. The number of halogens is 3. The Morgan fingerprint density at radius 1 is 1.20 bits per heavy atom. The molecule has 0 bridgehead atoms. The Morgan fingerprint density at radius 3 is 2.45 bits per heavy atom. The number of nitrogens with one attached hydrogen (secondary N) is 1. The summed E-state index contributed by atoms with van der Waals surface area (Å²) in [5.74, 6) is 5.49. The summed E-state index contributed by atoms with van der Waals surface area (Å²) < 4.78 is 39.2. The summed E-state index contributed by atoms with van der Waals surface area (Å²) >= 11 is 1.47. The molecule has 0 radical (unpaired) electrons. The van der Waals surface area contributed by atoms with E-state index in [0.29, 0.717) is 0 Å². The van der Waals surface area contributed by atoms with E-state index in [1.54, 1.807) is 6.07 Å². The van der Waals surface area contributed by atoms with Crippen molar-refractivity contribution >= 4 is 11.3 Å². The molecule has 1 heterocycles. The van der Waals surface area contributed by atoms with Gasteiger partial charge in [0.1, 0.15) is 0 Å². The fourth-order valence-corrected chi connectivity index (χ4v) is 3.10. The molecular formula is C14H15F3N2S. The topological polar surface area (TPSA) is 38.0 Å². The van der Waals surface area contributed by atoms with Crippen molar-refractivity contribution in [1.82, 2.24) is 5.43 Å². The largest absolute Gasteiger partial charge is 0.416 e. The van der Waals surface area contributed by atoms with Gasteiger partial charge in [0.05, 0.1) is 11.6 Å². The molecule has 0 fully saturated rings. The van der Waals surface area contributed by atoms with Crippen LogP contribution in [0.25, 0.3) is 0 Å². The number of rotatable bonds is 4. The number of thiophene rings is 1. The molecule has 0 aliphatic heterocycles. The first-order valence-corrected chi connectivity index (χ1v) is 7.00. The third kappa shape index (κ3) is 3.03. The van der Waals surface area contributed by atoms with Gasteiger partial charge in [-0.2, -0.15) is 13.2 Å². The lowest BCUT2D eigenvalue weighted by molar-refractivity contribution is -0.138. The van der Waals surface area contributed by atoms with Crippen molar-refractivity contribution in [3.05, 3.63) is 57.3 Å². The van der Waals surface area contributed by atoms with Crippen LogP contribution >= 0.6 is 11.3 Å². The van der Waals surface area contributed by atoms with Gasteiger partial charge in [0.2, 0.25) is 0 Å². The molecule has 108 valence electrons. The summed E-state index contributed by atoms with van der Waals surface area (Å²) in [5, 5.41) is 0. The first kappa shape index (κ1) is 15.0. The van der Waals surface area contributed by atoms with E-state index in [0.717, 1.165) is 22.2 Å². The first-order chi connectivity index (χ1) is 9.47. The molecule has 1 atom stereocenters. The van der Waals surface area contributed by atoms with Crippen LogP contribution < -0.4 is 11.3 Å². The van der Waals surface area contributed by atoms with Crippen LogP contribution in [0.3, 0.4) is 0 Å². The summed E-state index contributed by atoms with van der Waals surface area (Å²) in [5.41, 5.74) is 1.98. The van der Waals surface area contributed by atoms with Gasteiger partial charge in [-0.1, -0.05) is 25.1 Å². The monoisotopic (exact) mass is 300 g/mol. The molecule has 3 N–H and O–H groups in total. The van der Waals surface area contributed by atoms with E-state index in [4.69, 9.17) is 5.84 Å². The number of hydrogen-bond donors (Lipinski definition) is 2. The quantitative estimate of drug-likeness (QED) is 0.664. The minimum absolute atomic E-state index is 0.145. The molecule has 20 heavy (non-hydrogen) atoms. The average Bonchev–Trinajstić information content (AvgIpc) is 2.88. The van der Waals surface area contributed by atoms with Gasteiger partial charge in [0.25, 0.3) is 0 Å². The number of hydrazine groups is 1. The Labute approximate surface area is 119 Å². The van der Waals surface area contributed by atoms with Crippen LogP contribution in [0, 0.1) is 0 Å². The third-order valence-corrected chi connectivity index (χ3v) is 4.35. The number of hydrogen-bond acceptors (Lipinski definition) is 3. The second-order valence-electron chi connectivity index (χ2n) is 4.34. The lowest BCUT2D eigenvalue weighted by atomic mass is 9.99. The van der Waals surface area contributed by atoms with Gasteiger partial charge in [-0.05, 0) is 30.2 Å². The van der Waals surface area contributed by atoms with Crippen LogP contribution in [0.5, 0.6) is 0 Å². The van der Waals surface area contributed by atoms with Crippen molar-refractivity contribution in [3.63, 3.8) is 0 Å². The van der Waals surface area contributed by atoms with Crippen molar-refractivity contribution in [3.8, 4) is 0 Å². The Bertz CT molecular complexity index is 578. The normalized spacial score (nSPS) is 13.4. The first-order valence-electron chi connectivity index (χ1n) is 6.18. The van der Waals surface area contributed by atoms with Crippen LogP contribution in [0.15, 0.2) is 36.4 Å². The summed E-state index contributed by atoms with van der Waals surface area (Å²) in [7, 11) is 0. The van der Waals surface area contributed by atoms with Gasteiger partial charge in [0, 0.05) is 9.75 Å². The van der Waals surface area contributed by atoms with Crippen LogP contribution in [0.1, 0.15) is 33.8 Å². The molecule has 6 heteroatoms. The van der Waals surface area contributed by atoms with Crippen molar-refractivity contribution in [2.24, 2.45) is 5.84 Å². The van der Waals surface area contributed by atoms with Gasteiger partial charge in [0.15, 0.2) is 0 Å². The highest BCUT2D eigenvalue weighted by molar-refractivity contribution is 7.12. The third-order valence-electron chi connectivity index (χ3n) is 3.06. The minimum atomic E-state index is -4.39. The molecule has 2 rings (SSSR count). The molecule has 1 unspecified atom stereocenters. The maximum Gasteiger partial charge on any atom is 0.416 e. The Morgan fingerprint density at radius 2 is 1.90 bits per heavy atom. The zero-order valence-electron chi connectivity index (χ0n) is 10.9. The Balaban J connectivity index is 2.47. The second kappa shape index (κ2) is 5.95. The molecule has 2 aromatic rings. The van der Waals surface area contributed by atoms with Crippen molar-refractivity contribution < 1.29 is 13.2 Å². The van der Waals surface area contributed by atoms with Gasteiger partial charge in [-0.25, -0.2) is 5.43 Å². The van der Waals surface area contributed by atoms with E-state index < -0.39 is 17.8 Å². The highest BCUT2D eigenvalue weighted by Gasteiger charge is 2.35. The molecule has 2 nitrogen and oxygen atoms in total. The molecular weight excluding hydrogens is 285 g/mol. The summed E-state index contributed by atoms with van der Waals surface area (Å²) in [6, 6.07) is 8.59. The zero-order chi connectivity index (χ0) is 14.8. The smallest absolute Gasteiger partial charge is 0.271 e. The molecule has 0 saturated carbocycles. The molecule has 1 aromatic carbocycles. The Hall–Kier alpha value is -1.37. The van der Waals surface area contributed by atoms with Crippen LogP contribution in [0.2, 0.25) is 0 Å². The van der Waals surface area contributed by atoms with E-state index in [9.17, 15) is 13.2 Å². The van der Waals surface area contributed by atoms with Gasteiger partial charge >= 0.3 is 6.18 Å². The fourth-order valence-electron chi connectivity index (χ4n) is 2.07. The van der Waals surface area contributed by atoms with E-state index in [1.807, 2.05) is 19.1 Å². The SMILES string of the molecule is CCc1ccc(C(NN)c2ccccc2C(F)(F)F)s1. The predicted molar refractivity (Wildman–Crippen MR) is 74.3 cm³/mol. The van der Waals surface area contributed by atoms with Crippen molar-refractivity contribution in [1.29, 1.82) is 0 Å². The highest BCUT2D eigenvalue weighted by Crippen LogP contribution is 2.37. The number of alkyl halides is 3. The van der Waals surface area contributed by atoms with Gasteiger partial charge < -0.3 is 0 Å². The molecule has 0 aliphatic carbocycles. The standard InChI is InChI=1S/C14H15F3N2S/c1-2-9-7-8-12(20-9)13(19-18)10-5-3-4-6-11(10)14(15,16)17/h3-8,13,19H,2,18H2,1H3. The van der Waals surface area contributed by atoms with Gasteiger partial charge in [-0.3, -0.25) is 5.84 Å². The summed E-state index contributed by atoms with van der Waals surface area (Å²) in [6.07, 6.45) is -3.54. The summed E-state index contributed by atoms with van der Waals surface area (Å²) in [4.78, 5) is 1.89. The number of nitrogens with two attached hydrogens (primary N) is 1. The maximum atomic E-state index is 13.1. The van der Waals surface area contributed by atoms with Crippen LogP contribution in [-0.2, 0) is 12.6 Å². The highest BCUT2D eigenvalue weighted by atomic mass is 32.1. The van der Waals surface area contributed by atoms with Crippen molar-refractivity contribution in [2.75, 3.05) is 0 Å². The lowest BCUT2D eigenvalue weighted by Crippen LogP contribution is -2.30. The van der Waals surface area contributed by atoms with E-state index >= 15 is 0 Å². The Kier molecular flexibility index (Phi) is 4.47. The van der Waals surface area contributed by atoms with Crippen LogP contribution in [0.4, 0.5) is 13.2 Å². The molecule has 1 aromatic heterocycles. The van der Waals surface area contributed by atoms with Crippen molar-refractivity contribution in [2.45, 2.75) is 25.6 Å². The van der Waals surface area contributed by atoms with E-state index in [-0.39, 0.29) is 5.56 Å². The number of benzene rings is 1. The van der Waals surface area contributed by atoms with E-state index in [2.05, 4.69) is 5.43 Å². The molecule has 0 saturated heterocycles. The van der Waals surface area contributed by atoms with Crippen LogP contribution in [-0.4, -0.2) is 0 Å².